The normalized spacial score (nSPS) is 10.6. The van der Waals surface area contributed by atoms with Crippen molar-refractivity contribution in [1.29, 1.82) is 0 Å². The minimum atomic E-state index is -0.407. The van der Waals surface area contributed by atoms with Crippen molar-refractivity contribution >= 4 is 5.69 Å². The first-order valence-electron chi connectivity index (χ1n) is 6.27. The zero-order valence-electron chi connectivity index (χ0n) is 11.9. The fourth-order valence-corrected chi connectivity index (χ4v) is 1.75. The Morgan fingerprint density at radius 2 is 2.20 bits per heavy atom. The van der Waals surface area contributed by atoms with Crippen LogP contribution in [-0.2, 0) is 11.3 Å². The van der Waals surface area contributed by atoms with E-state index in [0.29, 0.717) is 32.1 Å². The van der Waals surface area contributed by atoms with Crippen molar-refractivity contribution in [2.24, 2.45) is 0 Å². The number of benzene rings is 1. The summed E-state index contributed by atoms with van der Waals surface area (Å²) in [6.45, 7) is 5.80. The number of hydrogen-bond acceptors (Lipinski definition) is 5. The van der Waals surface area contributed by atoms with Gasteiger partial charge in [-0.15, -0.1) is 6.58 Å². The molecule has 1 rings (SSSR count). The molecule has 0 amide bonds. The van der Waals surface area contributed by atoms with Crippen LogP contribution in [0.1, 0.15) is 5.56 Å². The molecule has 0 bridgehead atoms. The maximum Gasteiger partial charge on any atom is 0.270 e. The average Bonchev–Trinajstić information content (AvgIpc) is 2.40. The lowest BCUT2D eigenvalue weighted by Crippen LogP contribution is -2.18. The zero-order valence-corrected chi connectivity index (χ0v) is 11.9. The third kappa shape index (κ3) is 4.99. The largest absolute Gasteiger partial charge is 0.491 e. The van der Waals surface area contributed by atoms with E-state index < -0.39 is 4.92 Å². The maximum absolute atomic E-state index is 10.9. The molecule has 0 radical (unpaired) electrons. The highest BCUT2D eigenvalue weighted by Crippen LogP contribution is 2.25. The summed E-state index contributed by atoms with van der Waals surface area (Å²) >= 11 is 0. The van der Waals surface area contributed by atoms with E-state index in [0.717, 1.165) is 5.56 Å². The molecule has 0 aliphatic carbocycles. The Balaban J connectivity index is 2.90. The van der Waals surface area contributed by atoms with Gasteiger partial charge in [-0.1, -0.05) is 6.08 Å². The highest BCUT2D eigenvalue weighted by atomic mass is 16.6. The van der Waals surface area contributed by atoms with E-state index in [1.54, 1.807) is 25.3 Å². The minimum Gasteiger partial charge on any atom is -0.491 e. The van der Waals surface area contributed by atoms with Crippen LogP contribution >= 0.6 is 0 Å². The number of non-ortho nitro benzene ring substituents is 1. The molecule has 20 heavy (non-hydrogen) atoms. The standard InChI is InChI=1S/C14H20N2O4/c1-4-7-15(2)11-12-10-13(16(17)18)5-6-14(12)20-9-8-19-3/h4-6,10H,1,7-9,11H2,2-3H3. The van der Waals surface area contributed by atoms with Crippen LogP contribution < -0.4 is 4.74 Å². The van der Waals surface area contributed by atoms with E-state index in [9.17, 15) is 10.1 Å². The molecule has 0 fully saturated rings. The van der Waals surface area contributed by atoms with Crippen LogP contribution in [0.3, 0.4) is 0 Å². The summed E-state index contributed by atoms with van der Waals surface area (Å²) in [5.41, 5.74) is 0.839. The van der Waals surface area contributed by atoms with Crippen molar-refractivity contribution in [2.75, 3.05) is 33.9 Å². The fourth-order valence-electron chi connectivity index (χ4n) is 1.75. The number of ether oxygens (including phenoxy) is 2. The molecular weight excluding hydrogens is 260 g/mol. The van der Waals surface area contributed by atoms with Gasteiger partial charge < -0.3 is 9.47 Å². The number of nitrogens with zero attached hydrogens (tertiary/aromatic N) is 2. The van der Waals surface area contributed by atoms with Gasteiger partial charge in [0.2, 0.25) is 0 Å². The first kappa shape index (κ1) is 16.1. The molecule has 0 saturated heterocycles. The van der Waals surface area contributed by atoms with Gasteiger partial charge in [0.15, 0.2) is 0 Å². The van der Waals surface area contributed by atoms with Gasteiger partial charge in [0.25, 0.3) is 5.69 Å². The van der Waals surface area contributed by atoms with Crippen LogP contribution in [0, 0.1) is 10.1 Å². The monoisotopic (exact) mass is 280 g/mol. The summed E-state index contributed by atoms with van der Waals surface area (Å²) in [6.07, 6.45) is 1.78. The van der Waals surface area contributed by atoms with Gasteiger partial charge in [-0.25, -0.2) is 0 Å². The topological polar surface area (TPSA) is 64.8 Å². The van der Waals surface area contributed by atoms with Crippen LogP contribution in [0.4, 0.5) is 5.69 Å². The quantitative estimate of drug-likeness (QED) is 0.300. The molecular formula is C14H20N2O4. The number of likely N-dealkylation sites (N-methyl/N-ethyl adjacent to an activating group) is 1. The van der Waals surface area contributed by atoms with Gasteiger partial charge >= 0.3 is 0 Å². The predicted molar refractivity (Wildman–Crippen MR) is 77.0 cm³/mol. The third-order valence-corrected chi connectivity index (χ3v) is 2.68. The molecule has 1 aromatic carbocycles. The molecule has 0 atom stereocenters. The van der Waals surface area contributed by atoms with Gasteiger partial charge in [0.05, 0.1) is 11.5 Å². The zero-order chi connectivity index (χ0) is 15.0. The van der Waals surface area contributed by atoms with E-state index in [-0.39, 0.29) is 5.69 Å². The van der Waals surface area contributed by atoms with Gasteiger partial charge in [-0.05, 0) is 13.1 Å². The molecule has 0 unspecified atom stereocenters. The highest BCUT2D eigenvalue weighted by molar-refractivity contribution is 5.43. The van der Waals surface area contributed by atoms with Crippen LogP contribution in [0.5, 0.6) is 5.75 Å². The van der Waals surface area contributed by atoms with E-state index in [4.69, 9.17) is 9.47 Å². The summed E-state index contributed by atoms with van der Waals surface area (Å²) in [5.74, 6) is 0.642. The average molecular weight is 280 g/mol. The smallest absolute Gasteiger partial charge is 0.270 e. The van der Waals surface area contributed by atoms with E-state index in [2.05, 4.69) is 6.58 Å². The predicted octanol–water partition coefficient (Wildman–Crippen LogP) is 2.24. The Kier molecular flexibility index (Phi) is 6.69. The summed E-state index contributed by atoms with van der Waals surface area (Å²) in [7, 11) is 3.51. The van der Waals surface area contributed by atoms with Crippen molar-refractivity contribution < 1.29 is 14.4 Å². The second-order valence-corrected chi connectivity index (χ2v) is 4.38. The van der Waals surface area contributed by atoms with Crippen molar-refractivity contribution in [3.8, 4) is 5.75 Å². The number of hydrogen-bond donors (Lipinski definition) is 0. The highest BCUT2D eigenvalue weighted by Gasteiger charge is 2.13. The lowest BCUT2D eigenvalue weighted by molar-refractivity contribution is -0.385. The summed E-state index contributed by atoms with van der Waals surface area (Å²) < 4.78 is 10.5. The summed E-state index contributed by atoms with van der Waals surface area (Å²) in [6, 6.07) is 4.62. The van der Waals surface area contributed by atoms with Crippen molar-refractivity contribution in [3.63, 3.8) is 0 Å². The molecule has 0 aliphatic heterocycles. The molecule has 6 heteroatoms. The SMILES string of the molecule is C=CCN(C)Cc1cc([N+](=O)[O-])ccc1OCCOC. The Bertz CT molecular complexity index is 462. The van der Waals surface area contributed by atoms with E-state index >= 15 is 0 Å². The Morgan fingerprint density at radius 3 is 2.80 bits per heavy atom. The molecule has 0 aromatic heterocycles. The van der Waals surface area contributed by atoms with Gasteiger partial charge in [0.1, 0.15) is 12.4 Å². The van der Waals surface area contributed by atoms with Crippen molar-refractivity contribution in [3.05, 3.63) is 46.5 Å². The van der Waals surface area contributed by atoms with Gasteiger partial charge in [-0.2, -0.15) is 0 Å². The Hall–Kier alpha value is -1.92. The number of nitro groups is 1. The third-order valence-electron chi connectivity index (χ3n) is 2.68. The second kappa shape index (κ2) is 8.29. The lowest BCUT2D eigenvalue weighted by atomic mass is 10.1. The number of nitro benzene ring substituents is 1. The molecule has 0 spiro atoms. The molecule has 0 N–H and O–H groups in total. The molecule has 0 saturated carbocycles. The maximum atomic E-state index is 10.9. The molecule has 6 nitrogen and oxygen atoms in total. The van der Waals surface area contributed by atoms with Crippen LogP contribution in [-0.4, -0.2) is 43.7 Å². The summed E-state index contributed by atoms with van der Waals surface area (Å²) in [4.78, 5) is 12.4. The number of rotatable bonds is 9. The fraction of sp³-hybridized carbons (Fsp3) is 0.429. The lowest BCUT2D eigenvalue weighted by Gasteiger charge is -2.17. The van der Waals surface area contributed by atoms with Crippen LogP contribution in [0.2, 0.25) is 0 Å². The van der Waals surface area contributed by atoms with E-state index in [1.807, 2.05) is 11.9 Å². The molecule has 0 aliphatic rings. The minimum absolute atomic E-state index is 0.0612. The van der Waals surface area contributed by atoms with Crippen molar-refractivity contribution in [2.45, 2.75) is 6.54 Å². The first-order chi connectivity index (χ1) is 9.58. The van der Waals surface area contributed by atoms with Crippen LogP contribution in [0.25, 0.3) is 0 Å². The number of methoxy groups -OCH3 is 1. The molecule has 0 heterocycles. The van der Waals surface area contributed by atoms with E-state index in [1.165, 1.54) is 6.07 Å². The Labute approximate surface area is 118 Å². The van der Waals surface area contributed by atoms with Gasteiger partial charge in [0, 0.05) is 37.9 Å². The van der Waals surface area contributed by atoms with Crippen molar-refractivity contribution in [1.82, 2.24) is 4.90 Å². The first-order valence-corrected chi connectivity index (χ1v) is 6.27. The Morgan fingerprint density at radius 1 is 1.45 bits per heavy atom. The molecule has 110 valence electrons. The van der Waals surface area contributed by atoms with Gasteiger partial charge in [-0.3, -0.25) is 15.0 Å². The van der Waals surface area contributed by atoms with Crippen LogP contribution in [0.15, 0.2) is 30.9 Å². The second-order valence-electron chi connectivity index (χ2n) is 4.38. The molecule has 1 aromatic rings. The summed E-state index contributed by atoms with van der Waals surface area (Å²) in [5, 5.41) is 10.9.